The van der Waals surface area contributed by atoms with Crippen LogP contribution in [0.25, 0.3) is 0 Å². The van der Waals surface area contributed by atoms with Crippen molar-refractivity contribution in [1.29, 1.82) is 0 Å². The minimum absolute atomic E-state index is 0.0309. The summed E-state index contributed by atoms with van der Waals surface area (Å²) in [7, 11) is -3.07. The number of sulfonamides is 1. The Bertz CT molecular complexity index is 229. The minimum Gasteiger partial charge on any atom is -0.393 e. The third-order valence-electron chi connectivity index (χ3n) is 2.08. The zero-order valence-corrected chi connectivity index (χ0v) is 7.97. The first-order valence-electron chi connectivity index (χ1n) is 4.13. The van der Waals surface area contributed by atoms with Crippen LogP contribution in [-0.4, -0.2) is 31.9 Å². The van der Waals surface area contributed by atoms with Crippen molar-refractivity contribution in [2.45, 2.75) is 37.8 Å². The lowest BCUT2D eigenvalue weighted by Crippen LogP contribution is -2.37. The molecule has 0 saturated heterocycles. The molecule has 0 spiro atoms. The van der Waals surface area contributed by atoms with E-state index in [0.29, 0.717) is 12.8 Å². The van der Waals surface area contributed by atoms with Crippen molar-refractivity contribution < 1.29 is 13.5 Å². The van der Waals surface area contributed by atoms with Crippen LogP contribution in [0.15, 0.2) is 0 Å². The standard InChI is InChI=1S/C7H15NO3S/c1-12(10,11)8-6-2-4-7(9)5-3-6/h6-9H,2-5H2,1H3/t6-,7+. The lowest BCUT2D eigenvalue weighted by Gasteiger charge is -2.25. The largest absolute Gasteiger partial charge is 0.393 e. The Kier molecular flexibility index (Phi) is 3.09. The molecule has 1 saturated carbocycles. The fraction of sp³-hybridized carbons (Fsp3) is 1.00. The summed E-state index contributed by atoms with van der Waals surface area (Å²) in [5, 5.41) is 9.15. The molecule has 0 atom stereocenters. The second kappa shape index (κ2) is 3.72. The highest BCUT2D eigenvalue weighted by atomic mass is 32.2. The van der Waals surface area contributed by atoms with Crippen LogP contribution in [-0.2, 0) is 10.0 Å². The van der Waals surface area contributed by atoms with Gasteiger partial charge in [-0.1, -0.05) is 0 Å². The molecular weight excluding hydrogens is 178 g/mol. The Balaban J connectivity index is 2.36. The second-order valence-corrected chi connectivity index (χ2v) is 5.18. The number of hydrogen-bond donors (Lipinski definition) is 2. The maximum Gasteiger partial charge on any atom is 0.208 e. The lowest BCUT2D eigenvalue weighted by atomic mass is 9.94. The van der Waals surface area contributed by atoms with E-state index in [2.05, 4.69) is 4.72 Å². The van der Waals surface area contributed by atoms with E-state index >= 15 is 0 Å². The molecule has 1 fully saturated rings. The Hall–Kier alpha value is -0.130. The molecule has 0 amide bonds. The highest BCUT2D eigenvalue weighted by molar-refractivity contribution is 7.88. The number of aliphatic hydroxyl groups excluding tert-OH is 1. The van der Waals surface area contributed by atoms with Gasteiger partial charge in [0.2, 0.25) is 10.0 Å². The van der Waals surface area contributed by atoms with Gasteiger partial charge in [-0.25, -0.2) is 13.1 Å². The molecule has 0 heterocycles. The SMILES string of the molecule is CS(=O)(=O)N[C@H]1CC[C@@H](O)CC1. The van der Waals surface area contributed by atoms with Crippen LogP contribution in [0.1, 0.15) is 25.7 Å². The summed E-state index contributed by atoms with van der Waals surface area (Å²) in [6.45, 7) is 0. The molecule has 0 radical (unpaired) electrons. The molecule has 0 unspecified atom stereocenters. The first kappa shape index (κ1) is 9.95. The van der Waals surface area contributed by atoms with Crippen molar-refractivity contribution >= 4 is 10.0 Å². The third-order valence-corrected chi connectivity index (χ3v) is 2.84. The van der Waals surface area contributed by atoms with Gasteiger partial charge in [0.05, 0.1) is 12.4 Å². The van der Waals surface area contributed by atoms with Gasteiger partial charge in [-0.3, -0.25) is 0 Å². The zero-order valence-electron chi connectivity index (χ0n) is 7.16. The van der Waals surface area contributed by atoms with Crippen molar-refractivity contribution in [1.82, 2.24) is 4.72 Å². The van der Waals surface area contributed by atoms with Crippen molar-refractivity contribution in [3.63, 3.8) is 0 Å². The Morgan fingerprint density at radius 1 is 1.25 bits per heavy atom. The molecule has 5 heteroatoms. The molecule has 0 aliphatic heterocycles. The van der Waals surface area contributed by atoms with E-state index in [9.17, 15) is 8.42 Å². The molecule has 1 aliphatic carbocycles. The number of hydrogen-bond acceptors (Lipinski definition) is 3. The van der Waals surface area contributed by atoms with E-state index in [1.165, 1.54) is 0 Å². The van der Waals surface area contributed by atoms with Gasteiger partial charge in [-0.05, 0) is 25.7 Å². The molecule has 0 aromatic heterocycles. The van der Waals surface area contributed by atoms with E-state index in [4.69, 9.17) is 5.11 Å². The predicted molar refractivity (Wildman–Crippen MR) is 46.2 cm³/mol. The number of rotatable bonds is 2. The van der Waals surface area contributed by atoms with Crippen molar-refractivity contribution in [2.24, 2.45) is 0 Å². The molecule has 1 aliphatic rings. The monoisotopic (exact) mass is 193 g/mol. The summed E-state index contributed by atoms with van der Waals surface area (Å²) in [5.41, 5.74) is 0. The normalized spacial score (nSPS) is 31.8. The van der Waals surface area contributed by atoms with E-state index < -0.39 is 10.0 Å². The summed E-state index contributed by atoms with van der Waals surface area (Å²) in [5.74, 6) is 0. The molecule has 2 N–H and O–H groups in total. The number of aliphatic hydroxyl groups is 1. The Morgan fingerprint density at radius 2 is 1.75 bits per heavy atom. The smallest absolute Gasteiger partial charge is 0.208 e. The van der Waals surface area contributed by atoms with Gasteiger partial charge < -0.3 is 5.11 Å². The molecule has 1 rings (SSSR count). The summed E-state index contributed by atoms with van der Waals surface area (Å²) < 4.78 is 24.2. The average molecular weight is 193 g/mol. The Morgan fingerprint density at radius 3 is 2.17 bits per heavy atom. The van der Waals surface area contributed by atoms with Crippen LogP contribution in [0.3, 0.4) is 0 Å². The van der Waals surface area contributed by atoms with Gasteiger partial charge in [-0.15, -0.1) is 0 Å². The second-order valence-electron chi connectivity index (χ2n) is 3.40. The zero-order chi connectivity index (χ0) is 9.19. The number of nitrogens with one attached hydrogen (secondary N) is 1. The highest BCUT2D eigenvalue weighted by Crippen LogP contribution is 2.18. The Labute approximate surface area is 73.0 Å². The van der Waals surface area contributed by atoms with Gasteiger partial charge >= 0.3 is 0 Å². The maximum absolute atomic E-state index is 10.8. The first-order chi connectivity index (χ1) is 5.47. The fourth-order valence-corrected chi connectivity index (χ4v) is 2.34. The topological polar surface area (TPSA) is 66.4 Å². The fourth-order valence-electron chi connectivity index (χ4n) is 1.50. The van der Waals surface area contributed by atoms with Crippen molar-refractivity contribution in [3.05, 3.63) is 0 Å². The molecular formula is C7H15NO3S. The summed E-state index contributed by atoms with van der Waals surface area (Å²) in [6.07, 6.45) is 3.82. The summed E-state index contributed by atoms with van der Waals surface area (Å²) in [6, 6.07) is 0.0309. The van der Waals surface area contributed by atoms with Gasteiger partial charge in [-0.2, -0.15) is 0 Å². The van der Waals surface area contributed by atoms with Crippen LogP contribution in [0.4, 0.5) is 0 Å². The molecule has 72 valence electrons. The molecule has 4 nitrogen and oxygen atoms in total. The quantitative estimate of drug-likeness (QED) is 0.640. The van der Waals surface area contributed by atoms with Crippen LogP contribution in [0.5, 0.6) is 0 Å². The van der Waals surface area contributed by atoms with Crippen molar-refractivity contribution in [2.75, 3.05) is 6.26 Å². The van der Waals surface area contributed by atoms with Crippen LogP contribution >= 0.6 is 0 Å². The average Bonchev–Trinajstić information content (AvgIpc) is 1.91. The van der Waals surface area contributed by atoms with Gasteiger partial charge in [0.1, 0.15) is 0 Å². The first-order valence-corrected chi connectivity index (χ1v) is 6.02. The molecule has 0 bridgehead atoms. The van der Waals surface area contributed by atoms with Gasteiger partial charge in [0, 0.05) is 6.04 Å². The molecule has 0 aromatic rings. The van der Waals surface area contributed by atoms with Gasteiger partial charge in [0.25, 0.3) is 0 Å². The van der Waals surface area contributed by atoms with Crippen LogP contribution in [0, 0.1) is 0 Å². The maximum atomic E-state index is 10.8. The van der Waals surface area contributed by atoms with E-state index in [1.54, 1.807) is 0 Å². The summed E-state index contributed by atoms with van der Waals surface area (Å²) in [4.78, 5) is 0. The van der Waals surface area contributed by atoms with Crippen LogP contribution in [0.2, 0.25) is 0 Å². The van der Waals surface area contributed by atoms with E-state index in [0.717, 1.165) is 19.1 Å². The summed E-state index contributed by atoms with van der Waals surface area (Å²) >= 11 is 0. The van der Waals surface area contributed by atoms with Crippen LogP contribution < -0.4 is 4.72 Å². The highest BCUT2D eigenvalue weighted by Gasteiger charge is 2.21. The van der Waals surface area contributed by atoms with Crippen molar-refractivity contribution in [3.8, 4) is 0 Å². The van der Waals surface area contributed by atoms with Gasteiger partial charge in [0.15, 0.2) is 0 Å². The van der Waals surface area contributed by atoms with E-state index in [-0.39, 0.29) is 12.1 Å². The molecule has 12 heavy (non-hydrogen) atoms. The van der Waals surface area contributed by atoms with E-state index in [1.807, 2.05) is 0 Å². The third kappa shape index (κ3) is 3.51. The lowest BCUT2D eigenvalue weighted by molar-refractivity contribution is 0.120. The minimum atomic E-state index is -3.07. The molecule has 0 aromatic carbocycles. The predicted octanol–water partition coefficient (Wildman–Crippen LogP) is -0.161.